The van der Waals surface area contributed by atoms with Crippen molar-refractivity contribution in [3.63, 3.8) is 0 Å². The molecule has 0 aromatic heterocycles. The first-order valence-electron chi connectivity index (χ1n) is 5.70. The van der Waals surface area contributed by atoms with E-state index in [9.17, 15) is 9.59 Å². The van der Waals surface area contributed by atoms with Gasteiger partial charge in [0.1, 0.15) is 5.54 Å². The summed E-state index contributed by atoms with van der Waals surface area (Å²) in [5.74, 6) is -1.62. The van der Waals surface area contributed by atoms with Gasteiger partial charge in [-0.15, -0.1) is 0 Å². The summed E-state index contributed by atoms with van der Waals surface area (Å²) < 4.78 is 0. The predicted molar refractivity (Wildman–Crippen MR) is 71.4 cm³/mol. The van der Waals surface area contributed by atoms with Gasteiger partial charge in [0.15, 0.2) is 0 Å². The third-order valence-corrected chi connectivity index (χ3v) is 3.62. The molecule has 5 N–H and O–H groups in total. The molecular weight excluding hydrogens is 270 g/mol. The van der Waals surface area contributed by atoms with Crippen LogP contribution in [0.15, 0.2) is 18.2 Å². The normalized spacial score (nSPS) is 22.5. The maximum atomic E-state index is 11.1. The van der Waals surface area contributed by atoms with E-state index in [0.717, 1.165) is 5.69 Å². The molecule has 1 unspecified atom stereocenters. The smallest absolute Gasteiger partial charge is 0.325 e. The molecule has 1 aliphatic rings. The molecule has 1 aromatic carbocycles. The van der Waals surface area contributed by atoms with E-state index in [4.69, 9.17) is 28.2 Å². The summed E-state index contributed by atoms with van der Waals surface area (Å²) >= 11 is 5.96. The van der Waals surface area contributed by atoms with E-state index in [1.54, 1.807) is 12.1 Å². The molecule has 0 spiro atoms. The lowest BCUT2D eigenvalue weighted by Crippen LogP contribution is -2.50. The highest BCUT2D eigenvalue weighted by Crippen LogP contribution is 2.29. The highest BCUT2D eigenvalue weighted by molar-refractivity contribution is 6.34. The Labute approximate surface area is 114 Å². The number of carbonyl (C=O) groups is 2. The fourth-order valence-corrected chi connectivity index (χ4v) is 2.40. The zero-order chi connectivity index (χ0) is 14.2. The average molecular weight is 284 g/mol. The minimum absolute atomic E-state index is 0.203. The SMILES string of the molecule is NC(=O)c1ccc(N2CCC(N)(C(=O)O)C2)cc1Cl. The Morgan fingerprint density at radius 2 is 2.11 bits per heavy atom. The first-order valence-corrected chi connectivity index (χ1v) is 6.08. The van der Waals surface area contributed by atoms with E-state index in [0.29, 0.717) is 13.0 Å². The van der Waals surface area contributed by atoms with Gasteiger partial charge in [0.25, 0.3) is 0 Å². The van der Waals surface area contributed by atoms with Crippen molar-refractivity contribution >= 4 is 29.2 Å². The fourth-order valence-electron chi connectivity index (χ4n) is 2.13. The quantitative estimate of drug-likeness (QED) is 0.745. The minimum Gasteiger partial charge on any atom is -0.480 e. The summed E-state index contributed by atoms with van der Waals surface area (Å²) in [5.41, 5.74) is 10.7. The van der Waals surface area contributed by atoms with Crippen LogP contribution in [0.4, 0.5) is 5.69 Å². The number of benzene rings is 1. The van der Waals surface area contributed by atoms with Crippen molar-refractivity contribution < 1.29 is 14.7 Å². The van der Waals surface area contributed by atoms with Crippen molar-refractivity contribution in [1.82, 2.24) is 0 Å². The first kappa shape index (κ1) is 13.6. The summed E-state index contributed by atoms with van der Waals surface area (Å²) in [6, 6.07) is 4.80. The second-order valence-corrected chi connectivity index (χ2v) is 5.07. The molecule has 1 aliphatic heterocycles. The van der Waals surface area contributed by atoms with Crippen LogP contribution in [0.3, 0.4) is 0 Å². The summed E-state index contributed by atoms with van der Waals surface area (Å²) in [5, 5.41) is 9.31. The lowest BCUT2D eigenvalue weighted by Gasteiger charge is -2.22. The lowest BCUT2D eigenvalue weighted by atomic mass is 10.0. The third kappa shape index (κ3) is 2.50. The summed E-state index contributed by atoms with van der Waals surface area (Å²) in [4.78, 5) is 24.0. The van der Waals surface area contributed by atoms with Crippen LogP contribution in [0.2, 0.25) is 5.02 Å². The zero-order valence-corrected chi connectivity index (χ0v) is 10.9. The maximum Gasteiger partial charge on any atom is 0.325 e. The van der Waals surface area contributed by atoms with Gasteiger partial charge >= 0.3 is 5.97 Å². The Kier molecular flexibility index (Phi) is 3.38. The largest absolute Gasteiger partial charge is 0.480 e. The molecule has 2 rings (SSSR count). The van der Waals surface area contributed by atoms with E-state index in [1.165, 1.54) is 6.07 Å². The van der Waals surface area contributed by atoms with Gasteiger partial charge in [-0.1, -0.05) is 11.6 Å². The maximum absolute atomic E-state index is 11.1. The molecule has 1 saturated heterocycles. The Bertz CT molecular complexity index is 549. The number of primary amides is 1. The Hall–Kier alpha value is -1.79. The molecule has 0 bridgehead atoms. The standard InChI is InChI=1S/C12H14ClN3O3/c13-9-5-7(1-2-8(9)10(14)17)16-4-3-12(15,6-16)11(18)19/h1-2,5H,3-4,6,15H2,(H2,14,17)(H,18,19). The van der Waals surface area contributed by atoms with Gasteiger partial charge in [0.05, 0.1) is 10.6 Å². The van der Waals surface area contributed by atoms with E-state index in [-0.39, 0.29) is 17.1 Å². The van der Waals surface area contributed by atoms with Gasteiger partial charge in [-0.3, -0.25) is 9.59 Å². The van der Waals surface area contributed by atoms with Crippen molar-refractivity contribution in [2.45, 2.75) is 12.0 Å². The number of carboxylic acids is 1. The molecule has 0 aliphatic carbocycles. The van der Waals surface area contributed by atoms with Crippen LogP contribution >= 0.6 is 11.6 Å². The van der Waals surface area contributed by atoms with Crippen LogP contribution in [-0.2, 0) is 4.79 Å². The second kappa shape index (κ2) is 4.71. The van der Waals surface area contributed by atoms with Gasteiger partial charge in [-0.05, 0) is 24.6 Å². The molecule has 1 aromatic rings. The molecule has 19 heavy (non-hydrogen) atoms. The lowest BCUT2D eigenvalue weighted by molar-refractivity contribution is -0.142. The fraction of sp³-hybridized carbons (Fsp3) is 0.333. The molecule has 1 fully saturated rings. The monoisotopic (exact) mass is 283 g/mol. The van der Waals surface area contributed by atoms with Crippen LogP contribution in [0.5, 0.6) is 0 Å². The van der Waals surface area contributed by atoms with E-state index in [2.05, 4.69) is 0 Å². The summed E-state index contributed by atoms with van der Waals surface area (Å²) in [6.07, 6.45) is 0.359. The van der Waals surface area contributed by atoms with E-state index in [1.807, 2.05) is 4.90 Å². The van der Waals surface area contributed by atoms with Crippen LogP contribution in [0.25, 0.3) is 0 Å². The topological polar surface area (TPSA) is 110 Å². The number of amides is 1. The van der Waals surface area contributed by atoms with Gasteiger partial charge in [-0.2, -0.15) is 0 Å². The summed E-state index contributed by atoms with van der Waals surface area (Å²) in [7, 11) is 0. The minimum atomic E-state index is -1.24. The highest BCUT2D eigenvalue weighted by Gasteiger charge is 2.41. The number of hydrogen-bond donors (Lipinski definition) is 3. The zero-order valence-electron chi connectivity index (χ0n) is 10.1. The average Bonchev–Trinajstić information content (AvgIpc) is 2.73. The Morgan fingerprint density at radius 3 is 2.58 bits per heavy atom. The van der Waals surface area contributed by atoms with Gasteiger partial charge in [-0.25, -0.2) is 0 Å². The molecule has 1 atom stereocenters. The van der Waals surface area contributed by atoms with Crippen molar-refractivity contribution in [2.75, 3.05) is 18.0 Å². The predicted octanol–water partition coefficient (Wildman–Crippen LogP) is 0.431. The molecule has 0 radical (unpaired) electrons. The van der Waals surface area contributed by atoms with Crippen LogP contribution in [0.1, 0.15) is 16.8 Å². The van der Waals surface area contributed by atoms with Gasteiger partial charge in [0, 0.05) is 18.8 Å². The van der Waals surface area contributed by atoms with Gasteiger partial charge < -0.3 is 21.5 Å². The number of rotatable bonds is 3. The second-order valence-electron chi connectivity index (χ2n) is 4.66. The number of anilines is 1. The molecule has 1 heterocycles. The number of aliphatic carboxylic acids is 1. The third-order valence-electron chi connectivity index (χ3n) is 3.31. The van der Waals surface area contributed by atoms with Crippen molar-refractivity contribution in [2.24, 2.45) is 11.5 Å². The highest BCUT2D eigenvalue weighted by atomic mass is 35.5. The molecule has 7 heteroatoms. The number of carboxylic acid groups (broad SMARTS) is 1. The number of nitrogens with zero attached hydrogens (tertiary/aromatic N) is 1. The van der Waals surface area contributed by atoms with Crippen molar-refractivity contribution in [3.8, 4) is 0 Å². The van der Waals surface area contributed by atoms with Crippen LogP contribution < -0.4 is 16.4 Å². The molecule has 6 nitrogen and oxygen atoms in total. The van der Waals surface area contributed by atoms with Crippen LogP contribution in [0, 0.1) is 0 Å². The number of nitrogens with two attached hydrogens (primary N) is 2. The van der Waals surface area contributed by atoms with Crippen molar-refractivity contribution in [1.29, 1.82) is 0 Å². The Morgan fingerprint density at radius 1 is 1.42 bits per heavy atom. The van der Waals surface area contributed by atoms with Crippen molar-refractivity contribution in [3.05, 3.63) is 28.8 Å². The van der Waals surface area contributed by atoms with E-state index >= 15 is 0 Å². The summed E-state index contributed by atoms with van der Waals surface area (Å²) in [6.45, 7) is 0.726. The molecule has 0 saturated carbocycles. The van der Waals surface area contributed by atoms with Gasteiger partial charge in [0.2, 0.25) is 5.91 Å². The number of carbonyl (C=O) groups excluding carboxylic acids is 1. The molecule has 1 amide bonds. The van der Waals surface area contributed by atoms with E-state index < -0.39 is 17.4 Å². The Balaban J connectivity index is 2.23. The first-order chi connectivity index (χ1) is 8.83. The molecule has 102 valence electrons. The number of hydrogen-bond acceptors (Lipinski definition) is 4. The molecular formula is C12H14ClN3O3. The van der Waals surface area contributed by atoms with Crippen LogP contribution in [-0.4, -0.2) is 35.6 Å². The number of halogens is 1.